The fourth-order valence-electron chi connectivity index (χ4n) is 3.95. The number of morpholine rings is 1. The second-order valence-corrected chi connectivity index (χ2v) is 7.18. The average Bonchev–Trinajstić information content (AvgIpc) is 3.19. The highest BCUT2D eigenvalue weighted by Gasteiger charge is 2.39. The van der Waals surface area contributed by atoms with Crippen molar-refractivity contribution in [2.24, 2.45) is 0 Å². The number of ether oxygens (including phenoxy) is 1. The topological polar surface area (TPSA) is 50.6 Å². The van der Waals surface area contributed by atoms with E-state index >= 15 is 0 Å². The van der Waals surface area contributed by atoms with Crippen molar-refractivity contribution >= 4 is 5.91 Å². The highest BCUT2D eigenvalue weighted by atomic mass is 16.5. The molecule has 2 aliphatic heterocycles. The lowest BCUT2D eigenvalue weighted by atomic mass is 10.0. The van der Waals surface area contributed by atoms with Crippen LogP contribution in [-0.2, 0) is 11.3 Å². The van der Waals surface area contributed by atoms with Gasteiger partial charge in [-0.2, -0.15) is 5.10 Å². The van der Waals surface area contributed by atoms with Gasteiger partial charge in [0.2, 0.25) is 0 Å². The molecular formula is C18H30N4O2. The Morgan fingerprint density at radius 1 is 1.33 bits per heavy atom. The molecule has 0 spiro atoms. The van der Waals surface area contributed by atoms with Gasteiger partial charge in [0.05, 0.1) is 24.5 Å². The Morgan fingerprint density at radius 3 is 2.67 bits per heavy atom. The summed E-state index contributed by atoms with van der Waals surface area (Å²) in [6, 6.07) is 0.683. The Balaban J connectivity index is 1.77. The molecule has 0 radical (unpaired) electrons. The first-order valence-corrected chi connectivity index (χ1v) is 9.23. The van der Waals surface area contributed by atoms with E-state index in [0.717, 1.165) is 57.1 Å². The molecule has 1 amide bonds. The second kappa shape index (κ2) is 7.23. The molecule has 2 fully saturated rings. The Morgan fingerprint density at radius 2 is 2.04 bits per heavy atom. The van der Waals surface area contributed by atoms with Crippen LogP contribution in [0.25, 0.3) is 0 Å². The number of hydrogen-bond donors (Lipinski definition) is 0. The number of carbonyl (C=O) groups excluding carboxylic acids is 1. The normalized spacial score (nSPS) is 25.6. The van der Waals surface area contributed by atoms with Gasteiger partial charge in [0.25, 0.3) is 5.91 Å². The SMILES string of the molecule is CCn1cc(C(=O)N2CC[C@@H](N3CCOCC3)[C@H]2C)c(C(C)C)n1. The van der Waals surface area contributed by atoms with Gasteiger partial charge in [0, 0.05) is 44.5 Å². The summed E-state index contributed by atoms with van der Waals surface area (Å²) in [7, 11) is 0. The molecule has 2 saturated heterocycles. The summed E-state index contributed by atoms with van der Waals surface area (Å²) >= 11 is 0. The maximum atomic E-state index is 13.2. The lowest BCUT2D eigenvalue weighted by Crippen LogP contribution is -2.49. The van der Waals surface area contributed by atoms with Crippen LogP contribution in [0.3, 0.4) is 0 Å². The third-order valence-electron chi connectivity index (χ3n) is 5.38. The van der Waals surface area contributed by atoms with Crippen LogP contribution in [0.2, 0.25) is 0 Å². The third kappa shape index (κ3) is 3.22. The first-order chi connectivity index (χ1) is 11.5. The first-order valence-electron chi connectivity index (χ1n) is 9.23. The van der Waals surface area contributed by atoms with Crippen molar-refractivity contribution in [2.45, 2.75) is 58.7 Å². The number of aryl methyl sites for hydroxylation is 1. The molecule has 6 nitrogen and oxygen atoms in total. The fraction of sp³-hybridized carbons (Fsp3) is 0.778. The van der Waals surface area contributed by atoms with Crippen molar-refractivity contribution in [3.05, 3.63) is 17.5 Å². The molecule has 3 heterocycles. The molecule has 0 bridgehead atoms. The van der Waals surface area contributed by atoms with E-state index in [4.69, 9.17) is 4.74 Å². The van der Waals surface area contributed by atoms with E-state index in [0.29, 0.717) is 6.04 Å². The molecule has 6 heteroatoms. The first kappa shape index (κ1) is 17.4. The van der Waals surface area contributed by atoms with Crippen LogP contribution in [0.1, 0.15) is 56.1 Å². The smallest absolute Gasteiger partial charge is 0.257 e. The molecule has 0 unspecified atom stereocenters. The van der Waals surface area contributed by atoms with Crippen LogP contribution in [0, 0.1) is 0 Å². The molecule has 0 N–H and O–H groups in total. The number of hydrogen-bond acceptors (Lipinski definition) is 4. The number of likely N-dealkylation sites (tertiary alicyclic amines) is 1. The molecule has 1 aromatic heterocycles. The quantitative estimate of drug-likeness (QED) is 0.845. The van der Waals surface area contributed by atoms with E-state index in [1.165, 1.54) is 0 Å². The van der Waals surface area contributed by atoms with Gasteiger partial charge in [-0.25, -0.2) is 0 Å². The maximum absolute atomic E-state index is 13.2. The zero-order valence-corrected chi connectivity index (χ0v) is 15.4. The number of rotatable bonds is 4. The van der Waals surface area contributed by atoms with Crippen molar-refractivity contribution in [3.8, 4) is 0 Å². The summed E-state index contributed by atoms with van der Waals surface area (Å²) in [5.41, 5.74) is 1.70. The Kier molecular flexibility index (Phi) is 5.25. The average molecular weight is 334 g/mol. The molecule has 134 valence electrons. The standard InChI is InChI=1S/C18H30N4O2/c1-5-21-12-15(17(19-21)13(2)3)18(23)22-7-6-16(14(22)4)20-8-10-24-11-9-20/h12-14,16H,5-11H2,1-4H3/t14-,16-/m1/s1. The summed E-state index contributed by atoms with van der Waals surface area (Å²) in [6.45, 7) is 13.6. The van der Waals surface area contributed by atoms with Crippen molar-refractivity contribution in [2.75, 3.05) is 32.8 Å². The third-order valence-corrected chi connectivity index (χ3v) is 5.38. The maximum Gasteiger partial charge on any atom is 0.257 e. The van der Waals surface area contributed by atoms with Gasteiger partial charge >= 0.3 is 0 Å². The predicted octanol–water partition coefficient (Wildman–Crippen LogP) is 1.96. The van der Waals surface area contributed by atoms with Crippen LogP contribution in [0.15, 0.2) is 6.20 Å². The minimum absolute atomic E-state index is 0.140. The molecular weight excluding hydrogens is 304 g/mol. The lowest BCUT2D eigenvalue weighted by molar-refractivity contribution is 0.0104. The summed E-state index contributed by atoms with van der Waals surface area (Å²) in [5, 5.41) is 4.60. The number of nitrogens with zero attached hydrogens (tertiary/aromatic N) is 4. The van der Waals surface area contributed by atoms with Gasteiger partial charge < -0.3 is 9.64 Å². The molecule has 0 aromatic carbocycles. The van der Waals surface area contributed by atoms with E-state index in [-0.39, 0.29) is 17.9 Å². The van der Waals surface area contributed by atoms with Crippen molar-refractivity contribution in [3.63, 3.8) is 0 Å². The number of aromatic nitrogens is 2. The molecule has 2 atom stereocenters. The highest BCUT2D eigenvalue weighted by Crippen LogP contribution is 2.27. The van der Waals surface area contributed by atoms with E-state index in [1.54, 1.807) is 0 Å². The monoisotopic (exact) mass is 334 g/mol. The largest absolute Gasteiger partial charge is 0.379 e. The van der Waals surface area contributed by atoms with Gasteiger partial charge in [-0.15, -0.1) is 0 Å². The Labute approximate surface area is 144 Å². The zero-order chi connectivity index (χ0) is 17.3. The van der Waals surface area contributed by atoms with Crippen LogP contribution in [0.5, 0.6) is 0 Å². The molecule has 0 saturated carbocycles. The van der Waals surface area contributed by atoms with Crippen molar-refractivity contribution < 1.29 is 9.53 Å². The summed E-state index contributed by atoms with van der Waals surface area (Å²) in [5.74, 6) is 0.395. The molecule has 0 aliphatic carbocycles. The van der Waals surface area contributed by atoms with Crippen LogP contribution in [-0.4, -0.2) is 70.4 Å². The summed E-state index contributed by atoms with van der Waals surface area (Å²) < 4.78 is 7.34. The minimum Gasteiger partial charge on any atom is -0.379 e. The van der Waals surface area contributed by atoms with Gasteiger partial charge in [-0.05, 0) is 26.2 Å². The van der Waals surface area contributed by atoms with Gasteiger partial charge in [0.15, 0.2) is 0 Å². The number of amides is 1. The Hall–Kier alpha value is -1.40. The van der Waals surface area contributed by atoms with Crippen molar-refractivity contribution in [1.29, 1.82) is 0 Å². The fourth-order valence-corrected chi connectivity index (χ4v) is 3.95. The van der Waals surface area contributed by atoms with Gasteiger partial charge in [-0.1, -0.05) is 13.8 Å². The van der Waals surface area contributed by atoms with Crippen molar-refractivity contribution in [1.82, 2.24) is 19.6 Å². The summed E-state index contributed by atoms with van der Waals surface area (Å²) in [4.78, 5) is 17.7. The molecule has 24 heavy (non-hydrogen) atoms. The van der Waals surface area contributed by atoms with Gasteiger partial charge in [-0.3, -0.25) is 14.4 Å². The van der Waals surface area contributed by atoms with E-state index in [9.17, 15) is 4.79 Å². The van der Waals surface area contributed by atoms with Crippen LogP contribution < -0.4 is 0 Å². The molecule has 3 rings (SSSR count). The zero-order valence-electron chi connectivity index (χ0n) is 15.4. The molecule has 2 aliphatic rings. The van der Waals surface area contributed by atoms with Crippen LogP contribution >= 0.6 is 0 Å². The van der Waals surface area contributed by atoms with E-state index < -0.39 is 0 Å². The lowest BCUT2D eigenvalue weighted by Gasteiger charge is -2.35. The second-order valence-electron chi connectivity index (χ2n) is 7.18. The summed E-state index contributed by atoms with van der Waals surface area (Å²) in [6.07, 6.45) is 2.97. The number of carbonyl (C=O) groups is 1. The van der Waals surface area contributed by atoms with E-state index in [2.05, 4.69) is 37.7 Å². The Bertz CT molecular complexity index is 578. The highest BCUT2D eigenvalue weighted by molar-refractivity contribution is 5.95. The molecule has 1 aromatic rings. The predicted molar refractivity (Wildman–Crippen MR) is 93.3 cm³/mol. The van der Waals surface area contributed by atoms with Gasteiger partial charge in [0.1, 0.15) is 0 Å². The van der Waals surface area contributed by atoms with E-state index in [1.807, 2.05) is 15.8 Å². The van der Waals surface area contributed by atoms with Crippen LogP contribution in [0.4, 0.5) is 0 Å². The minimum atomic E-state index is 0.140.